The molecule has 0 amide bonds. The first-order valence-corrected chi connectivity index (χ1v) is 20.6. The van der Waals surface area contributed by atoms with E-state index >= 15 is 0 Å². The molecule has 0 aliphatic carbocycles. The Morgan fingerprint density at radius 2 is 0.711 bits per heavy atom. The van der Waals surface area contributed by atoms with Crippen molar-refractivity contribution in [2.45, 2.75) is 181 Å². The second-order valence-electron chi connectivity index (χ2n) is 11.2. The summed E-state index contributed by atoms with van der Waals surface area (Å²) in [5.41, 5.74) is 0. The van der Waals surface area contributed by atoms with E-state index in [9.17, 15) is 8.42 Å². The van der Waals surface area contributed by atoms with Gasteiger partial charge in [0.25, 0.3) is 0 Å². The van der Waals surface area contributed by atoms with Gasteiger partial charge in [-0.2, -0.15) is 25.3 Å². The summed E-state index contributed by atoms with van der Waals surface area (Å²) in [6, 6.07) is 0. The van der Waals surface area contributed by atoms with Crippen LogP contribution in [0.5, 0.6) is 0 Å². The van der Waals surface area contributed by atoms with Crippen molar-refractivity contribution in [2.75, 3.05) is 6.61 Å². The average Bonchev–Trinajstić information content (AvgIpc) is 2.87. The third-order valence-corrected chi connectivity index (χ3v) is 7.74. The molecule has 0 aromatic carbocycles. The maximum atomic E-state index is 12.0. The van der Waals surface area contributed by atoms with Crippen molar-refractivity contribution in [3.05, 3.63) is 0 Å². The maximum absolute atomic E-state index is 12.0. The van der Waals surface area contributed by atoms with Crippen LogP contribution in [-0.4, -0.2) is 85.7 Å². The van der Waals surface area contributed by atoms with Gasteiger partial charge < -0.3 is 0 Å². The van der Waals surface area contributed by atoms with Crippen LogP contribution in [0.1, 0.15) is 175 Å². The van der Waals surface area contributed by atoms with Gasteiger partial charge in [-0.05, 0) is 19.8 Å². The first kappa shape index (κ1) is 52.4. The summed E-state index contributed by atoms with van der Waals surface area (Å²) < 4.78 is 97.4. The first-order chi connectivity index (χ1) is 20.5. The van der Waals surface area contributed by atoms with Crippen molar-refractivity contribution in [3.8, 4) is 0 Å². The first-order valence-electron chi connectivity index (χ1n) is 16.5. The zero-order valence-corrected chi connectivity index (χ0v) is 30.0. The van der Waals surface area contributed by atoms with E-state index in [1.54, 1.807) is 0 Å². The Kier molecular flexibility index (Phi) is 41.8. The van der Waals surface area contributed by atoms with Gasteiger partial charge in [0.1, 0.15) is 0 Å². The Balaban J connectivity index is -0.000000656. The van der Waals surface area contributed by atoms with Crippen molar-refractivity contribution >= 4 is 60.8 Å². The van der Waals surface area contributed by atoms with Gasteiger partial charge in [-0.15, -0.1) is 0 Å². The van der Waals surface area contributed by atoms with Crippen molar-refractivity contribution < 1.29 is 51.8 Å². The molecule has 0 aliphatic rings. The number of unbranched alkanes of at least 4 members (excludes halogenated alkanes) is 21. The van der Waals surface area contributed by atoms with Crippen molar-refractivity contribution in [1.29, 1.82) is 0 Å². The molecule has 0 spiro atoms. The van der Waals surface area contributed by atoms with E-state index in [0.717, 1.165) is 38.5 Å². The average molecular weight is 725 g/mol. The van der Waals surface area contributed by atoms with Crippen LogP contribution in [0.2, 0.25) is 0 Å². The molecule has 16 heteroatoms. The van der Waals surface area contributed by atoms with Crippen molar-refractivity contribution in [1.82, 2.24) is 0 Å². The molecule has 1 unspecified atom stereocenters. The van der Waals surface area contributed by atoms with Crippen LogP contribution in [0.15, 0.2) is 0 Å². The minimum absolute atomic E-state index is 0. The molecule has 0 saturated carbocycles. The number of hydrogen-bond acceptors (Lipinski definition) is 8. The molecule has 0 rings (SSSR count). The summed E-state index contributed by atoms with van der Waals surface area (Å²) in [6.45, 7) is 6.59. The molecule has 272 valence electrons. The van der Waals surface area contributed by atoms with Gasteiger partial charge in [0.15, 0.2) is 0 Å². The molecule has 4 N–H and O–H groups in total. The second kappa shape index (κ2) is 35.9. The third kappa shape index (κ3) is 67.6. The van der Waals surface area contributed by atoms with E-state index in [-0.39, 0.29) is 42.3 Å². The normalized spacial score (nSPS) is 12.3. The van der Waals surface area contributed by atoms with Gasteiger partial charge in [-0.1, -0.05) is 155 Å². The fraction of sp³-hybridized carbons (Fsp3) is 1.00. The summed E-state index contributed by atoms with van der Waals surface area (Å²) in [4.78, 5) is 0. The minimum atomic E-state index is -4.67. The fourth-order valence-corrected chi connectivity index (χ4v) is 5.35. The van der Waals surface area contributed by atoms with Crippen molar-refractivity contribution in [2.24, 2.45) is 0 Å². The molecule has 0 fully saturated rings. The predicted molar refractivity (Wildman–Crippen MR) is 183 cm³/mol. The van der Waals surface area contributed by atoms with Gasteiger partial charge in [0.05, 0.1) is 12.7 Å². The van der Waals surface area contributed by atoms with Gasteiger partial charge in [-0.3, -0.25) is 18.2 Å². The van der Waals surface area contributed by atoms with Crippen LogP contribution in [0, 0.1) is 0 Å². The number of rotatable bonds is 28. The van der Waals surface area contributed by atoms with E-state index in [1.807, 2.05) is 6.92 Å². The second-order valence-corrected chi connectivity index (χ2v) is 14.3. The van der Waals surface area contributed by atoms with E-state index in [2.05, 4.69) is 13.8 Å². The van der Waals surface area contributed by atoms with Crippen LogP contribution >= 0.6 is 0 Å². The van der Waals surface area contributed by atoms with Crippen LogP contribution in [0.25, 0.3) is 0 Å². The predicted octanol–water partition coefficient (Wildman–Crippen LogP) is 8.10. The summed E-state index contributed by atoms with van der Waals surface area (Å²) in [5.74, 6) is 0. The topological polar surface area (TPSA) is 202 Å². The third-order valence-electron chi connectivity index (χ3n) is 6.72. The zero-order chi connectivity index (χ0) is 34.2. The van der Waals surface area contributed by atoms with E-state index in [4.69, 9.17) is 43.4 Å². The Morgan fingerprint density at radius 1 is 0.467 bits per heavy atom. The standard InChI is InChI=1S/C29H60O4S.Na.2H2O4S.H/c1-4-6-8-10-12-14-16-17-18-19-21-23-25-27-29(3)33-34(30,31)32-28-26-24-22-20-15-13-11-9-7-5-2;;2*1-5(2,3)4;/h29H,4-28H2,1-3H3;;2*(H2,1,2,3,4);. The summed E-state index contributed by atoms with van der Waals surface area (Å²) in [5, 5.41) is 0. The van der Waals surface area contributed by atoms with Crippen LogP contribution in [-0.2, 0) is 39.6 Å². The molecule has 0 aromatic heterocycles. The van der Waals surface area contributed by atoms with Crippen molar-refractivity contribution in [3.63, 3.8) is 0 Å². The quantitative estimate of drug-likeness (QED) is 0.0344. The molecule has 1 atom stereocenters. The Morgan fingerprint density at radius 3 is 1.00 bits per heavy atom. The summed E-state index contributed by atoms with van der Waals surface area (Å²) >= 11 is 0. The molecule has 0 heterocycles. The van der Waals surface area contributed by atoms with E-state index < -0.39 is 31.2 Å². The molecular formula is C29H65NaO12S3. The molecular weight excluding hydrogens is 659 g/mol. The SMILES string of the molecule is CCCCCCCCCCCCCCCC(C)OS(=O)(=O)OCCCCCCCCCCCC.O=S(=O)(O)O.O=S(=O)(O)O.[NaH]. The fourth-order valence-electron chi connectivity index (χ4n) is 4.48. The Hall–Kier alpha value is 0.610. The summed E-state index contributed by atoms with van der Waals surface area (Å²) in [6.07, 6.45) is 29.8. The molecule has 0 aliphatic heterocycles. The van der Waals surface area contributed by atoms with Crippen LogP contribution in [0.4, 0.5) is 0 Å². The number of hydrogen-bond donors (Lipinski definition) is 4. The molecule has 12 nitrogen and oxygen atoms in total. The zero-order valence-electron chi connectivity index (χ0n) is 27.5. The van der Waals surface area contributed by atoms with Gasteiger partial charge in [0.2, 0.25) is 0 Å². The van der Waals surface area contributed by atoms with Gasteiger partial charge >= 0.3 is 60.8 Å². The molecule has 45 heavy (non-hydrogen) atoms. The van der Waals surface area contributed by atoms with Crippen LogP contribution < -0.4 is 0 Å². The van der Waals surface area contributed by atoms with E-state index in [0.29, 0.717) is 0 Å². The summed E-state index contributed by atoms with van der Waals surface area (Å²) in [7, 11) is -13.2. The molecule has 0 bridgehead atoms. The molecule has 0 radical (unpaired) electrons. The Labute approximate surface area is 298 Å². The molecule has 0 aromatic rings. The van der Waals surface area contributed by atoms with Gasteiger partial charge in [0, 0.05) is 0 Å². The van der Waals surface area contributed by atoms with Gasteiger partial charge in [-0.25, -0.2) is 8.37 Å². The van der Waals surface area contributed by atoms with Crippen LogP contribution in [0.3, 0.4) is 0 Å². The monoisotopic (exact) mass is 724 g/mol. The molecule has 0 saturated heterocycles. The van der Waals surface area contributed by atoms with E-state index in [1.165, 1.54) is 116 Å². The Bertz CT molecular complexity index is 869.